The Morgan fingerprint density at radius 2 is 1.02 bits per heavy atom. The van der Waals surface area contributed by atoms with Gasteiger partial charge >= 0.3 is 0 Å². The summed E-state index contributed by atoms with van der Waals surface area (Å²) < 4.78 is 4.70. The molecule has 4 heteroatoms. The first-order valence-electron chi connectivity index (χ1n) is 15.5. The molecule has 0 N–H and O–H groups in total. The van der Waals surface area contributed by atoms with E-state index in [1.807, 2.05) is 36.4 Å². The number of nitrogens with zero attached hydrogens (tertiary/aromatic N) is 4. The Bertz CT molecular complexity index is 2430. The van der Waals surface area contributed by atoms with E-state index in [0.29, 0.717) is 5.82 Å². The van der Waals surface area contributed by atoms with Crippen molar-refractivity contribution in [3.8, 4) is 45.3 Å². The zero-order valence-corrected chi connectivity index (χ0v) is 25.0. The third-order valence-electron chi connectivity index (χ3n) is 8.77. The van der Waals surface area contributed by atoms with Crippen molar-refractivity contribution in [1.29, 1.82) is 0 Å². The zero-order chi connectivity index (χ0) is 30.5. The maximum atomic E-state index is 5.05. The molecule has 4 nitrogen and oxygen atoms in total. The van der Waals surface area contributed by atoms with Gasteiger partial charge in [-0.05, 0) is 54.6 Å². The van der Waals surface area contributed by atoms with Gasteiger partial charge in [-0.3, -0.25) is 0 Å². The molecule has 0 bridgehead atoms. The van der Waals surface area contributed by atoms with Crippen LogP contribution in [0.3, 0.4) is 0 Å². The van der Waals surface area contributed by atoms with Crippen LogP contribution in [0.2, 0.25) is 0 Å². The molecule has 46 heavy (non-hydrogen) atoms. The van der Waals surface area contributed by atoms with Gasteiger partial charge in [0, 0.05) is 50.4 Å². The van der Waals surface area contributed by atoms with Gasteiger partial charge in [-0.2, -0.15) is 0 Å². The highest BCUT2D eigenvalue weighted by Gasteiger charge is 2.18. The fourth-order valence-electron chi connectivity index (χ4n) is 6.59. The van der Waals surface area contributed by atoms with Gasteiger partial charge in [0.2, 0.25) is 0 Å². The summed E-state index contributed by atoms with van der Waals surface area (Å²) >= 11 is 0. The van der Waals surface area contributed by atoms with Crippen molar-refractivity contribution < 1.29 is 0 Å². The first-order valence-corrected chi connectivity index (χ1v) is 15.5. The number of fused-ring (bicyclic) bond motifs is 5. The number of para-hydroxylation sites is 2. The normalized spacial score (nSPS) is 11.5. The summed E-state index contributed by atoms with van der Waals surface area (Å²) in [6, 6.07) is 57.3. The minimum atomic E-state index is 0.703. The molecule has 3 heterocycles. The third-order valence-corrected chi connectivity index (χ3v) is 8.77. The lowest BCUT2D eigenvalue weighted by molar-refractivity contribution is 1.11. The molecule has 0 radical (unpaired) electrons. The molecule has 0 atom stereocenters. The Labute approximate surface area is 266 Å². The topological polar surface area (TPSA) is 35.6 Å². The number of hydrogen-bond acceptors (Lipinski definition) is 2. The molecule has 0 amide bonds. The van der Waals surface area contributed by atoms with E-state index in [2.05, 4.69) is 143 Å². The summed E-state index contributed by atoms with van der Waals surface area (Å²) in [5, 5.41) is 3.67. The maximum absolute atomic E-state index is 5.05. The van der Waals surface area contributed by atoms with Gasteiger partial charge in [0.25, 0.3) is 0 Å². The van der Waals surface area contributed by atoms with Gasteiger partial charge in [-0.15, -0.1) is 0 Å². The molecule has 0 unspecified atom stereocenters. The Morgan fingerprint density at radius 3 is 1.70 bits per heavy atom. The highest BCUT2D eigenvalue weighted by molar-refractivity contribution is 6.18. The fraction of sp³-hybridized carbons (Fsp3) is 0. The van der Waals surface area contributed by atoms with Crippen molar-refractivity contribution in [2.75, 3.05) is 0 Å². The second-order valence-electron chi connectivity index (χ2n) is 11.5. The van der Waals surface area contributed by atoms with E-state index in [0.717, 1.165) is 39.5 Å². The average Bonchev–Trinajstić information content (AvgIpc) is 3.72. The standard InChI is InChI=1S/C42H28N4/c1-4-12-29(13-5-1)37-28-38(30-14-6-2-7-15-30)44-42(43-37)32-20-23-34(24-21-32)46-39-19-11-10-18-35(39)36-25-22-31-26-27-45(40(31)41(36)46)33-16-8-3-9-17-33/h1-28H. The Hall–Kier alpha value is -6.26. The van der Waals surface area contributed by atoms with E-state index in [9.17, 15) is 0 Å². The summed E-state index contributed by atoms with van der Waals surface area (Å²) in [5.41, 5.74) is 10.7. The van der Waals surface area contributed by atoms with Gasteiger partial charge in [0.15, 0.2) is 5.82 Å². The number of hydrogen-bond donors (Lipinski definition) is 0. The van der Waals surface area contributed by atoms with Gasteiger partial charge in [-0.1, -0.05) is 109 Å². The van der Waals surface area contributed by atoms with Crippen molar-refractivity contribution >= 4 is 32.7 Å². The molecule has 0 aliphatic rings. The Morgan fingerprint density at radius 1 is 0.413 bits per heavy atom. The van der Waals surface area contributed by atoms with Crippen LogP contribution >= 0.6 is 0 Å². The molecule has 0 saturated carbocycles. The molecule has 0 saturated heterocycles. The van der Waals surface area contributed by atoms with Gasteiger partial charge < -0.3 is 9.13 Å². The van der Waals surface area contributed by atoms with Crippen LogP contribution < -0.4 is 0 Å². The molecule has 6 aromatic carbocycles. The lowest BCUT2D eigenvalue weighted by Crippen LogP contribution is -1.99. The predicted molar refractivity (Wildman–Crippen MR) is 190 cm³/mol. The highest BCUT2D eigenvalue weighted by atomic mass is 15.0. The van der Waals surface area contributed by atoms with Crippen LogP contribution in [0.5, 0.6) is 0 Å². The van der Waals surface area contributed by atoms with Crippen LogP contribution in [0.15, 0.2) is 170 Å². The predicted octanol–water partition coefficient (Wildman–Crippen LogP) is 10.5. The van der Waals surface area contributed by atoms with E-state index in [1.54, 1.807) is 0 Å². The SMILES string of the molecule is c1ccc(-c2cc(-c3ccccc3)nc(-c3ccc(-n4c5ccccc5c5ccc6ccn(-c7ccccc7)c6c54)cc3)n2)cc1. The summed E-state index contributed by atoms with van der Waals surface area (Å²) in [5.74, 6) is 0.703. The lowest BCUT2D eigenvalue weighted by Gasteiger charge is -2.13. The van der Waals surface area contributed by atoms with E-state index in [-0.39, 0.29) is 0 Å². The van der Waals surface area contributed by atoms with Gasteiger partial charge in [-0.25, -0.2) is 9.97 Å². The molecule has 3 aromatic heterocycles. The quantitative estimate of drug-likeness (QED) is 0.200. The second-order valence-corrected chi connectivity index (χ2v) is 11.5. The van der Waals surface area contributed by atoms with E-state index in [1.165, 1.54) is 32.7 Å². The largest absolute Gasteiger partial charge is 0.315 e. The van der Waals surface area contributed by atoms with Crippen molar-refractivity contribution in [1.82, 2.24) is 19.1 Å². The Balaban J connectivity index is 1.24. The maximum Gasteiger partial charge on any atom is 0.160 e. The highest BCUT2D eigenvalue weighted by Crippen LogP contribution is 2.38. The molecular weight excluding hydrogens is 560 g/mol. The van der Waals surface area contributed by atoms with E-state index < -0.39 is 0 Å². The van der Waals surface area contributed by atoms with Crippen molar-refractivity contribution in [3.63, 3.8) is 0 Å². The average molecular weight is 589 g/mol. The molecular formula is C42H28N4. The van der Waals surface area contributed by atoms with Gasteiger partial charge in [0.05, 0.1) is 27.9 Å². The van der Waals surface area contributed by atoms with Crippen LogP contribution in [0.25, 0.3) is 78.0 Å². The minimum Gasteiger partial charge on any atom is -0.315 e. The Kier molecular flexibility index (Phi) is 6.10. The second kappa shape index (κ2) is 10.7. The summed E-state index contributed by atoms with van der Waals surface area (Å²) in [6.07, 6.45) is 2.17. The monoisotopic (exact) mass is 588 g/mol. The molecule has 216 valence electrons. The van der Waals surface area contributed by atoms with Crippen LogP contribution in [-0.2, 0) is 0 Å². The number of aromatic nitrogens is 4. The summed E-state index contributed by atoms with van der Waals surface area (Å²) in [7, 11) is 0. The number of benzene rings is 6. The molecule has 0 fully saturated rings. The van der Waals surface area contributed by atoms with Crippen LogP contribution in [0.4, 0.5) is 0 Å². The molecule has 0 spiro atoms. The first-order chi connectivity index (χ1) is 22.8. The fourth-order valence-corrected chi connectivity index (χ4v) is 6.59. The molecule has 9 aromatic rings. The number of rotatable bonds is 5. The zero-order valence-electron chi connectivity index (χ0n) is 25.0. The minimum absolute atomic E-state index is 0.703. The molecule has 9 rings (SSSR count). The molecule has 0 aliphatic carbocycles. The van der Waals surface area contributed by atoms with E-state index in [4.69, 9.17) is 9.97 Å². The lowest BCUT2D eigenvalue weighted by atomic mass is 10.1. The first kappa shape index (κ1) is 26.2. The van der Waals surface area contributed by atoms with Gasteiger partial charge in [0.1, 0.15) is 0 Å². The van der Waals surface area contributed by atoms with E-state index >= 15 is 0 Å². The summed E-state index contributed by atoms with van der Waals surface area (Å²) in [6.45, 7) is 0. The summed E-state index contributed by atoms with van der Waals surface area (Å²) in [4.78, 5) is 10.1. The molecule has 0 aliphatic heterocycles. The van der Waals surface area contributed by atoms with Crippen molar-refractivity contribution in [2.24, 2.45) is 0 Å². The van der Waals surface area contributed by atoms with Crippen molar-refractivity contribution in [3.05, 3.63) is 170 Å². The smallest absolute Gasteiger partial charge is 0.160 e. The third kappa shape index (κ3) is 4.31. The van der Waals surface area contributed by atoms with Crippen LogP contribution in [0, 0.1) is 0 Å². The van der Waals surface area contributed by atoms with Crippen molar-refractivity contribution in [2.45, 2.75) is 0 Å². The van der Waals surface area contributed by atoms with Crippen LogP contribution in [-0.4, -0.2) is 19.1 Å². The van der Waals surface area contributed by atoms with Crippen LogP contribution in [0.1, 0.15) is 0 Å².